The molecule has 0 saturated carbocycles. The normalized spacial score (nSPS) is 14.6. The lowest BCUT2D eigenvalue weighted by Crippen LogP contribution is -2.30. The van der Waals surface area contributed by atoms with Crippen LogP contribution in [-0.2, 0) is 12.6 Å². The van der Waals surface area contributed by atoms with Crippen molar-refractivity contribution in [3.63, 3.8) is 0 Å². The van der Waals surface area contributed by atoms with Gasteiger partial charge >= 0.3 is 6.18 Å². The lowest BCUT2D eigenvalue weighted by Gasteiger charge is -2.26. The number of hydrogen-bond donors (Lipinski definition) is 0. The zero-order valence-corrected chi connectivity index (χ0v) is 18.0. The summed E-state index contributed by atoms with van der Waals surface area (Å²) < 4.78 is 38.8. The predicted molar refractivity (Wildman–Crippen MR) is 123 cm³/mol. The van der Waals surface area contributed by atoms with E-state index in [1.807, 2.05) is 6.07 Å². The molecule has 0 aromatic heterocycles. The molecule has 0 unspecified atom stereocenters. The van der Waals surface area contributed by atoms with E-state index in [1.165, 1.54) is 28.5 Å². The molecule has 0 atom stereocenters. The summed E-state index contributed by atoms with van der Waals surface area (Å²) >= 11 is 0. The van der Waals surface area contributed by atoms with E-state index in [-0.39, 0.29) is 24.8 Å². The van der Waals surface area contributed by atoms with Crippen LogP contribution in [0.3, 0.4) is 0 Å². The third kappa shape index (κ3) is 5.78. The monoisotopic (exact) mass is 453 g/mol. The van der Waals surface area contributed by atoms with Crippen LogP contribution >= 0.6 is 24.8 Å². The first-order chi connectivity index (χ1) is 13.5. The van der Waals surface area contributed by atoms with Crippen molar-refractivity contribution in [2.45, 2.75) is 19.0 Å². The van der Waals surface area contributed by atoms with Crippen LogP contribution in [0.15, 0.2) is 72.8 Å². The van der Waals surface area contributed by atoms with Gasteiger partial charge in [-0.25, -0.2) is 0 Å². The molecule has 0 spiro atoms. The molecule has 0 radical (unpaired) electrons. The maximum absolute atomic E-state index is 12.9. The van der Waals surface area contributed by atoms with Crippen LogP contribution in [0.5, 0.6) is 0 Å². The molecule has 0 saturated heterocycles. The van der Waals surface area contributed by atoms with Gasteiger partial charge in [-0.1, -0.05) is 60.7 Å². The Balaban J connectivity index is 0.00000160. The summed E-state index contributed by atoms with van der Waals surface area (Å²) in [5.74, 6) is 0. The SMILES string of the molecule is Cl.Cl.FC(F)(F)c1cccc(C2=CCN(CCc3ccc4ccccc4c3)CC2)c1. The van der Waals surface area contributed by atoms with Gasteiger partial charge in [-0.3, -0.25) is 4.90 Å². The van der Waals surface area contributed by atoms with E-state index in [0.29, 0.717) is 5.56 Å². The maximum Gasteiger partial charge on any atom is 0.416 e. The number of nitrogens with zero attached hydrogens (tertiary/aromatic N) is 1. The lowest BCUT2D eigenvalue weighted by atomic mass is 9.97. The molecule has 0 fully saturated rings. The Bertz CT molecular complexity index is 1010. The Morgan fingerprint density at radius 1 is 0.833 bits per heavy atom. The highest BCUT2D eigenvalue weighted by Crippen LogP contribution is 2.32. The lowest BCUT2D eigenvalue weighted by molar-refractivity contribution is -0.137. The zero-order chi connectivity index (χ0) is 19.6. The molecule has 1 nitrogen and oxygen atoms in total. The molecule has 6 heteroatoms. The van der Waals surface area contributed by atoms with Gasteiger partial charge in [-0.2, -0.15) is 13.2 Å². The fraction of sp³-hybridized carbons (Fsp3) is 0.250. The largest absolute Gasteiger partial charge is 0.416 e. The molecule has 1 heterocycles. The average molecular weight is 454 g/mol. The summed E-state index contributed by atoms with van der Waals surface area (Å²) in [5, 5.41) is 2.50. The number of fused-ring (bicyclic) bond motifs is 1. The summed E-state index contributed by atoms with van der Waals surface area (Å²) in [5.41, 5.74) is 2.42. The second-order valence-corrected chi connectivity index (χ2v) is 7.29. The van der Waals surface area contributed by atoms with E-state index in [1.54, 1.807) is 6.07 Å². The number of alkyl halides is 3. The van der Waals surface area contributed by atoms with Gasteiger partial charge in [-0.05, 0) is 52.4 Å². The highest BCUT2D eigenvalue weighted by atomic mass is 35.5. The summed E-state index contributed by atoms with van der Waals surface area (Å²) in [6.45, 7) is 2.60. The number of rotatable bonds is 4. The van der Waals surface area contributed by atoms with Crippen molar-refractivity contribution < 1.29 is 13.2 Å². The third-order valence-corrected chi connectivity index (χ3v) is 5.38. The van der Waals surface area contributed by atoms with Crippen molar-refractivity contribution in [3.8, 4) is 0 Å². The van der Waals surface area contributed by atoms with E-state index in [0.717, 1.165) is 44.1 Å². The Labute approximate surface area is 187 Å². The van der Waals surface area contributed by atoms with E-state index >= 15 is 0 Å². The molecule has 3 aromatic rings. The highest BCUT2D eigenvalue weighted by molar-refractivity contribution is 5.85. The molecule has 160 valence electrons. The van der Waals surface area contributed by atoms with Crippen molar-refractivity contribution in [1.29, 1.82) is 0 Å². The third-order valence-electron chi connectivity index (χ3n) is 5.38. The van der Waals surface area contributed by atoms with Crippen molar-refractivity contribution in [2.24, 2.45) is 0 Å². The van der Waals surface area contributed by atoms with Gasteiger partial charge in [0.2, 0.25) is 0 Å². The highest BCUT2D eigenvalue weighted by Gasteiger charge is 2.30. The molecule has 0 N–H and O–H groups in total. The summed E-state index contributed by atoms with van der Waals surface area (Å²) in [7, 11) is 0. The average Bonchev–Trinajstić information content (AvgIpc) is 2.72. The summed E-state index contributed by atoms with van der Waals surface area (Å²) in [6.07, 6.45) is -0.479. The van der Waals surface area contributed by atoms with Gasteiger partial charge in [0.05, 0.1) is 5.56 Å². The minimum atomic E-state index is -4.29. The van der Waals surface area contributed by atoms with Gasteiger partial charge in [0.15, 0.2) is 0 Å². The molecule has 3 aromatic carbocycles. The topological polar surface area (TPSA) is 3.24 Å². The summed E-state index contributed by atoms with van der Waals surface area (Å²) in [6, 6.07) is 20.6. The van der Waals surface area contributed by atoms with Crippen LogP contribution < -0.4 is 0 Å². The quantitative estimate of drug-likeness (QED) is 0.409. The van der Waals surface area contributed by atoms with E-state index in [4.69, 9.17) is 0 Å². The van der Waals surface area contributed by atoms with Crippen molar-refractivity contribution in [1.82, 2.24) is 4.90 Å². The van der Waals surface area contributed by atoms with E-state index < -0.39 is 11.7 Å². The number of benzene rings is 3. The standard InChI is InChI=1S/C24H22F3N.2ClH/c25-24(26,27)23-7-3-6-22(17-23)20-11-14-28(15-12-20)13-10-18-8-9-19-4-1-2-5-21(19)16-18;;/h1-9,11,16-17H,10,12-15H2;2*1H. The van der Waals surface area contributed by atoms with Crippen LogP contribution in [0.4, 0.5) is 13.2 Å². The first-order valence-electron chi connectivity index (χ1n) is 9.56. The second-order valence-electron chi connectivity index (χ2n) is 7.29. The van der Waals surface area contributed by atoms with Crippen LogP contribution in [0.1, 0.15) is 23.1 Å². The van der Waals surface area contributed by atoms with Crippen molar-refractivity contribution >= 4 is 41.2 Å². The fourth-order valence-electron chi connectivity index (χ4n) is 3.75. The minimum Gasteiger partial charge on any atom is -0.299 e. The molecule has 30 heavy (non-hydrogen) atoms. The molecule has 0 bridgehead atoms. The summed E-state index contributed by atoms with van der Waals surface area (Å²) in [4.78, 5) is 2.35. The van der Waals surface area contributed by atoms with Gasteiger partial charge in [0.25, 0.3) is 0 Å². The minimum absolute atomic E-state index is 0. The van der Waals surface area contributed by atoms with Crippen LogP contribution in [0.25, 0.3) is 16.3 Å². The Morgan fingerprint density at radius 3 is 2.30 bits per heavy atom. The first-order valence-corrected chi connectivity index (χ1v) is 9.56. The zero-order valence-electron chi connectivity index (χ0n) is 16.4. The number of hydrogen-bond acceptors (Lipinski definition) is 1. The molecule has 0 aliphatic carbocycles. The maximum atomic E-state index is 12.9. The molecule has 0 amide bonds. The van der Waals surface area contributed by atoms with Crippen LogP contribution in [-0.4, -0.2) is 24.5 Å². The van der Waals surface area contributed by atoms with Gasteiger partial charge in [0, 0.05) is 19.6 Å². The molecule has 4 rings (SSSR count). The molecular formula is C24H24Cl2F3N. The Morgan fingerprint density at radius 2 is 1.60 bits per heavy atom. The van der Waals surface area contributed by atoms with Crippen molar-refractivity contribution in [3.05, 3.63) is 89.5 Å². The second kappa shape index (κ2) is 10.3. The first kappa shape index (κ1) is 24.3. The predicted octanol–water partition coefficient (Wildman–Crippen LogP) is 7.03. The number of halogens is 5. The molecule has 1 aliphatic heterocycles. The van der Waals surface area contributed by atoms with Gasteiger partial charge < -0.3 is 0 Å². The Hall–Kier alpha value is -2.01. The van der Waals surface area contributed by atoms with E-state index in [2.05, 4.69) is 47.4 Å². The fourth-order valence-corrected chi connectivity index (χ4v) is 3.75. The van der Waals surface area contributed by atoms with Gasteiger partial charge in [-0.15, -0.1) is 24.8 Å². The van der Waals surface area contributed by atoms with Crippen molar-refractivity contribution in [2.75, 3.05) is 19.6 Å². The van der Waals surface area contributed by atoms with Gasteiger partial charge in [0.1, 0.15) is 0 Å². The van der Waals surface area contributed by atoms with E-state index in [9.17, 15) is 13.2 Å². The smallest absolute Gasteiger partial charge is 0.299 e. The van der Waals surface area contributed by atoms with Crippen LogP contribution in [0, 0.1) is 0 Å². The Kier molecular flexibility index (Phi) is 8.36. The van der Waals surface area contributed by atoms with Crippen LogP contribution in [0.2, 0.25) is 0 Å². The molecule has 1 aliphatic rings. The molecular weight excluding hydrogens is 430 g/mol.